The molecule has 1 saturated heterocycles. The van der Waals surface area contributed by atoms with Crippen molar-refractivity contribution in [3.63, 3.8) is 0 Å². The molecule has 1 N–H and O–H groups in total. The van der Waals surface area contributed by atoms with Gasteiger partial charge in [0.05, 0.1) is 23.3 Å². The highest BCUT2D eigenvalue weighted by Crippen LogP contribution is 2.20. The average Bonchev–Trinajstić information content (AvgIpc) is 2.45. The van der Waals surface area contributed by atoms with Crippen LogP contribution in [0.3, 0.4) is 0 Å². The van der Waals surface area contributed by atoms with Crippen LogP contribution in [0, 0.1) is 11.3 Å². The monoisotopic (exact) mass is 279 g/mol. The van der Waals surface area contributed by atoms with Gasteiger partial charge in [0.2, 0.25) is 0 Å². The van der Waals surface area contributed by atoms with Crippen LogP contribution in [0.1, 0.15) is 12.5 Å². The lowest BCUT2D eigenvalue weighted by Gasteiger charge is -2.32. The summed E-state index contributed by atoms with van der Waals surface area (Å²) in [6.07, 6.45) is 0.197. The summed E-state index contributed by atoms with van der Waals surface area (Å²) in [7, 11) is 0. The first-order valence-electron chi connectivity index (χ1n) is 6.50. The van der Waals surface area contributed by atoms with E-state index in [9.17, 15) is 0 Å². The Morgan fingerprint density at radius 3 is 3.11 bits per heavy atom. The van der Waals surface area contributed by atoms with E-state index in [2.05, 4.69) is 23.2 Å². The predicted octanol–water partition coefficient (Wildman–Crippen LogP) is 2.34. The van der Waals surface area contributed by atoms with Gasteiger partial charge < -0.3 is 10.1 Å². The first kappa shape index (κ1) is 14.1. The molecule has 1 aliphatic rings. The molecular weight excluding hydrogens is 262 g/mol. The maximum Gasteiger partial charge on any atom is 0.101 e. The molecule has 19 heavy (non-hydrogen) atoms. The molecule has 2 rings (SSSR count). The lowest BCUT2D eigenvalue weighted by Crippen LogP contribution is -2.45. The summed E-state index contributed by atoms with van der Waals surface area (Å²) in [5, 5.41) is 12.6. The van der Waals surface area contributed by atoms with Crippen molar-refractivity contribution in [2.24, 2.45) is 0 Å². The number of hydrogen-bond donors (Lipinski definition) is 1. The fourth-order valence-electron chi connectivity index (χ4n) is 2.14. The van der Waals surface area contributed by atoms with Gasteiger partial charge in [-0.2, -0.15) is 5.26 Å². The SMILES string of the molecule is CCN1CCOC(CNc2ccc(C#N)c(Cl)c2)C1. The van der Waals surface area contributed by atoms with Crippen molar-refractivity contribution in [3.05, 3.63) is 28.8 Å². The fraction of sp³-hybridized carbons (Fsp3) is 0.500. The first-order valence-corrected chi connectivity index (χ1v) is 6.88. The molecule has 102 valence electrons. The summed E-state index contributed by atoms with van der Waals surface area (Å²) < 4.78 is 5.72. The van der Waals surface area contributed by atoms with Gasteiger partial charge in [0, 0.05) is 25.3 Å². The number of nitrogens with zero attached hydrogens (tertiary/aromatic N) is 2. The van der Waals surface area contributed by atoms with Gasteiger partial charge in [-0.1, -0.05) is 18.5 Å². The summed E-state index contributed by atoms with van der Waals surface area (Å²) >= 11 is 5.99. The van der Waals surface area contributed by atoms with E-state index in [4.69, 9.17) is 21.6 Å². The topological polar surface area (TPSA) is 48.3 Å². The van der Waals surface area contributed by atoms with E-state index in [0.717, 1.165) is 38.5 Å². The Labute approximate surface area is 118 Å². The number of likely N-dealkylation sites (N-methyl/N-ethyl adjacent to an activating group) is 1. The van der Waals surface area contributed by atoms with Crippen molar-refractivity contribution in [1.29, 1.82) is 5.26 Å². The Hall–Kier alpha value is -1.28. The van der Waals surface area contributed by atoms with E-state index in [1.165, 1.54) is 0 Å². The number of benzene rings is 1. The Morgan fingerprint density at radius 2 is 2.42 bits per heavy atom. The van der Waals surface area contributed by atoms with Gasteiger partial charge in [0.15, 0.2) is 0 Å². The van der Waals surface area contributed by atoms with Crippen molar-refractivity contribution in [3.8, 4) is 6.07 Å². The number of nitriles is 1. The Bertz CT molecular complexity index is 472. The Morgan fingerprint density at radius 1 is 1.58 bits per heavy atom. The zero-order valence-electron chi connectivity index (χ0n) is 11.0. The van der Waals surface area contributed by atoms with Crippen molar-refractivity contribution in [2.45, 2.75) is 13.0 Å². The number of hydrogen-bond acceptors (Lipinski definition) is 4. The minimum atomic E-state index is 0.197. The van der Waals surface area contributed by atoms with Crippen molar-refractivity contribution in [1.82, 2.24) is 4.90 Å². The van der Waals surface area contributed by atoms with Crippen LogP contribution in [0.15, 0.2) is 18.2 Å². The quantitative estimate of drug-likeness (QED) is 0.919. The average molecular weight is 280 g/mol. The predicted molar refractivity (Wildman–Crippen MR) is 76.5 cm³/mol. The zero-order valence-corrected chi connectivity index (χ0v) is 11.8. The molecule has 5 heteroatoms. The molecule has 1 aliphatic heterocycles. The molecule has 0 bridgehead atoms. The number of ether oxygens (including phenoxy) is 1. The highest BCUT2D eigenvalue weighted by molar-refractivity contribution is 6.32. The second kappa shape index (κ2) is 6.76. The van der Waals surface area contributed by atoms with E-state index in [0.29, 0.717) is 10.6 Å². The molecule has 4 nitrogen and oxygen atoms in total. The highest BCUT2D eigenvalue weighted by Gasteiger charge is 2.18. The van der Waals surface area contributed by atoms with Crippen LogP contribution in [0.2, 0.25) is 5.02 Å². The minimum Gasteiger partial charge on any atom is -0.382 e. The molecule has 1 fully saturated rings. The molecule has 0 aliphatic carbocycles. The number of nitrogens with one attached hydrogen (secondary N) is 1. The molecule has 1 heterocycles. The molecule has 1 aromatic rings. The Kier molecular flexibility index (Phi) is 5.03. The number of anilines is 1. The van der Waals surface area contributed by atoms with E-state index in [-0.39, 0.29) is 6.10 Å². The highest BCUT2D eigenvalue weighted by atomic mass is 35.5. The number of halogens is 1. The van der Waals surface area contributed by atoms with Gasteiger partial charge in [0.25, 0.3) is 0 Å². The van der Waals surface area contributed by atoms with Gasteiger partial charge in [0.1, 0.15) is 6.07 Å². The van der Waals surface area contributed by atoms with Crippen LogP contribution in [-0.2, 0) is 4.74 Å². The summed E-state index contributed by atoms with van der Waals surface area (Å²) in [4.78, 5) is 2.38. The zero-order chi connectivity index (χ0) is 13.7. The number of rotatable bonds is 4. The smallest absolute Gasteiger partial charge is 0.101 e. The van der Waals surface area contributed by atoms with Crippen molar-refractivity contribution in [2.75, 3.05) is 38.1 Å². The van der Waals surface area contributed by atoms with Gasteiger partial charge in [-0.3, -0.25) is 4.90 Å². The van der Waals surface area contributed by atoms with E-state index >= 15 is 0 Å². The van der Waals surface area contributed by atoms with E-state index in [1.807, 2.05) is 6.07 Å². The molecule has 0 amide bonds. The van der Waals surface area contributed by atoms with Crippen LogP contribution < -0.4 is 5.32 Å². The molecular formula is C14H18ClN3O. The molecule has 0 spiro atoms. The van der Waals surface area contributed by atoms with Crippen LogP contribution in [0.25, 0.3) is 0 Å². The normalized spacial score (nSPS) is 19.9. The van der Waals surface area contributed by atoms with Gasteiger partial charge in [-0.25, -0.2) is 0 Å². The van der Waals surface area contributed by atoms with Crippen LogP contribution in [-0.4, -0.2) is 43.8 Å². The molecule has 0 aromatic heterocycles. The lowest BCUT2D eigenvalue weighted by atomic mass is 10.2. The first-order chi connectivity index (χ1) is 9.22. The molecule has 1 unspecified atom stereocenters. The maximum atomic E-state index is 8.82. The second-order valence-corrected chi connectivity index (χ2v) is 4.98. The van der Waals surface area contributed by atoms with Crippen molar-refractivity contribution >= 4 is 17.3 Å². The minimum absolute atomic E-state index is 0.197. The third-order valence-corrected chi connectivity index (χ3v) is 3.61. The van der Waals surface area contributed by atoms with Crippen LogP contribution >= 0.6 is 11.6 Å². The summed E-state index contributed by atoms with van der Waals surface area (Å²) in [6, 6.07) is 7.42. The van der Waals surface area contributed by atoms with Gasteiger partial charge in [-0.15, -0.1) is 0 Å². The molecule has 1 aromatic carbocycles. The molecule has 0 radical (unpaired) electrons. The standard InChI is InChI=1S/C14H18ClN3O/c1-2-18-5-6-19-13(10-18)9-17-12-4-3-11(8-16)14(15)7-12/h3-4,7,13,17H,2,5-6,9-10H2,1H3. The second-order valence-electron chi connectivity index (χ2n) is 4.57. The van der Waals surface area contributed by atoms with Gasteiger partial charge in [-0.05, 0) is 24.7 Å². The maximum absolute atomic E-state index is 8.82. The fourth-order valence-corrected chi connectivity index (χ4v) is 2.36. The van der Waals surface area contributed by atoms with Gasteiger partial charge >= 0.3 is 0 Å². The van der Waals surface area contributed by atoms with Crippen LogP contribution in [0.5, 0.6) is 0 Å². The largest absolute Gasteiger partial charge is 0.382 e. The van der Waals surface area contributed by atoms with Crippen LogP contribution in [0.4, 0.5) is 5.69 Å². The van der Waals surface area contributed by atoms with E-state index in [1.54, 1.807) is 12.1 Å². The number of morpholine rings is 1. The van der Waals surface area contributed by atoms with E-state index < -0.39 is 0 Å². The summed E-state index contributed by atoms with van der Waals surface area (Å²) in [6.45, 7) is 6.72. The third kappa shape index (κ3) is 3.84. The lowest BCUT2D eigenvalue weighted by molar-refractivity contribution is -0.0191. The molecule has 1 atom stereocenters. The molecule has 0 saturated carbocycles. The summed E-state index contributed by atoms with van der Waals surface area (Å²) in [5.74, 6) is 0. The summed E-state index contributed by atoms with van der Waals surface area (Å²) in [5.41, 5.74) is 1.42. The van der Waals surface area contributed by atoms with Crippen molar-refractivity contribution < 1.29 is 4.74 Å². The Balaban J connectivity index is 1.88. The third-order valence-electron chi connectivity index (χ3n) is 3.29.